The summed E-state index contributed by atoms with van der Waals surface area (Å²) < 4.78 is 31.1. The molecule has 0 aliphatic carbocycles. The van der Waals surface area contributed by atoms with Gasteiger partial charge in [0.25, 0.3) is 5.56 Å². The van der Waals surface area contributed by atoms with Gasteiger partial charge in [-0.05, 0) is 5.56 Å². The number of fused-ring (bicyclic) bond motifs is 1. The number of nitrogen functional groups attached to an aromatic ring is 1. The van der Waals surface area contributed by atoms with Crippen molar-refractivity contribution in [2.75, 3.05) is 25.3 Å². The van der Waals surface area contributed by atoms with Crippen molar-refractivity contribution in [2.24, 2.45) is 0 Å². The van der Waals surface area contributed by atoms with Gasteiger partial charge in [0.1, 0.15) is 6.35 Å². The molecule has 0 amide bonds. The smallest absolute Gasteiger partial charge is 0.356 e. The minimum absolute atomic E-state index is 0.0144. The van der Waals surface area contributed by atoms with Gasteiger partial charge in [0.15, 0.2) is 11.2 Å². The van der Waals surface area contributed by atoms with Gasteiger partial charge >= 0.3 is 7.60 Å². The number of aromatic nitrogens is 4. The highest BCUT2D eigenvalue weighted by Crippen LogP contribution is 2.55. The lowest BCUT2D eigenvalue weighted by Crippen LogP contribution is -2.17. The Hall–Kier alpha value is -2.52. The molecule has 3 heterocycles. The summed E-state index contributed by atoms with van der Waals surface area (Å²) in [6.07, 6.45) is 1.69. The molecule has 11 heteroatoms. The minimum atomic E-state index is -3.34. The normalized spacial score (nSPS) is 22.5. The van der Waals surface area contributed by atoms with Crippen LogP contribution in [0.2, 0.25) is 0 Å². The topological polar surface area (TPSA) is 134 Å². The molecule has 4 rings (SSSR count). The van der Waals surface area contributed by atoms with E-state index in [-0.39, 0.29) is 30.5 Å². The highest BCUT2D eigenvalue weighted by Gasteiger charge is 2.34. The second-order valence-corrected chi connectivity index (χ2v) is 8.29. The van der Waals surface area contributed by atoms with Crippen molar-refractivity contribution in [1.82, 2.24) is 19.5 Å². The molecule has 1 fully saturated rings. The monoisotopic (exact) mass is 405 g/mol. The predicted octanol–water partition coefficient (Wildman–Crippen LogP) is 2.05. The van der Waals surface area contributed by atoms with Crippen LogP contribution in [0, 0.1) is 0 Å². The zero-order valence-corrected chi connectivity index (χ0v) is 15.9. The molecule has 28 heavy (non-hydrogen) atoms. The maximum absolute atomic E-state index is 12.8. The van der Waals surface area contributed by atoms with Gasteiger partial charge in [0, 0.05) is 13.0 Å². The molecule has 0 radical (unpaired) electrons. The van der Waals surface area contributed by atoms with E-state index in [0.717, 1.165) is 5.56 Å². The van der Waals surface area contributed by atoms with Gasteiger partial charge in [0.05, 0.1) is 25.6 Å². The number of benzene rings is 1. The van der Waals surface area contributed by atoms with Crippen molar-refractivity contribution in [3.8, 4) is 0 Å². The third kappa shape index (κ3) is 4.00. The van der Waals surface area contributed by atoms with Gasteiger partial charge in [-0.2, -0.15) is 4.98 Å². The molecule has 10 nitrogen and oxygen atoms in total. The van der Waals surface area contributed by atoms with Crippen molar-refractivity contribution < 1.29 is 18.3 Å². The van der Waals surface area contributed by atoms with Crippen molar-refractivity contribution in [3.05, 3.63) is 52.6 Å². The maximum atomic E-state index is 12.8. The number of H-pyrrole nitrogens is 1. The van der Waals surface area contributed by atoms with Crippen molar-refractivity contribution in [1.29, 1.82) is 0 Å². The Morgan fingerprint density at radius 3 is 3.00 bits per heavy atom. The first-order valence-electron chi connectivity index (χ1n) is 8.79. The van der Waals surface area contributed by atoms with E-state index < -0.39 is 13.2 Å². The first kappa shape index (κ1) is 18.8. The lowest BCUT2D eigenvalue weighted by molar-refractivity contribution is 0.0563. The second-order valence-electron chi connectivity index (χ2n) is 6.34. The van der Waals surface area contributed by atoms with E-state index in [1.54, 1.807) is 4.57 Å². The molecule has 1 aliphatic rings. The first-order chi connectivity index (χ1) is 13.5. The van der Waals surface area contributed by atoms with Crippen LogP contribution in [0.15, 0.2) is 41.5 Å². The highest BCUT2D eigenvalue weighted by molar-refractivity contribution is 7.53. The van der Waals surface area contributed by atoms with Crippen LogP contribution in [-0.4, -0.2) is 39.1 Å². The van der Waals surface area contributed by atoms with Crippen LogP contribution in [0.25, 0.3) is 11.2 Å². The summed E-state index contributed by atoms with van der Waals surface area (Å²) in [7, 11) is -3.34. The number of rotatable bonds is 6. The van der Waals surface area contributed by atoms with Crippen LogP contribution < -0.4 is 11.3 Å². The number of nitrogens with one attached hydrogen (secondary N) is 1. The predicted molar refractivity (Wildman–Crippen MR) is 102 cm³/mol. The van der Waals surface area contributed by atoms with Crippen LogP contribution >= 0.6 is 7.60 Å². The van der Waals surface area contributed by atoms with E-state index in [4.69, 9.17) is 19.5 Å². The number of ether oxygens (including phenoxy) is 1. The second kappa shape index (κ2) is 7.84. The molecular weight excluding hydrogens is 385 g/mol. The first-order valence-corrected chi connectivity index (χ1v) is 10.5. The quantitative estimate of drug-likeness (QED) is 0.470. The zero-order valence-electron chi connectivity index (χ0n) is 15.0. The minimum Gasteiger partial charge on any atom is -0.369 e. The van der Waals surface area contributed by atoms with Gasteiger partial charge in [-0.1, -0.05) is 30.3 Å². The summed E-state index contributed by atoms with van der Waals surface area (Å²) in [5.74, 6) is 0.0144. The molecule has 3 aromatic rings. The molecule has 1 aromatic carbocycles. The molecule has 0 saturated carbocycles. The summed E-state index contributed by atoms with van der Waals surface area (Å²) in [4.78, 5) is 22.3. The van der Waals surface area contributed by atoms with Crippen molar-refractivity contribution in [3.63, 3.8) is 0 Å². The molecule has 148 valence electrons. The Bertz CT molecular complexity index is 1070. The SMILES string of the molecule is Nc1nc2c(ncn2CCOCP2(=O)OCCC(c3ccccc3)O2)c(=O)[nH]1. The summed E-state index contributed by atoms with van der Waals surface area (Å²) in [6.45, 7) is 0.916. The Morgan fingerprint density at radius 2 is 2.18 bits per heavy atom. The Kier molecular flexibility index (Phi) is 5.27. The zero-order chi connectivity index (χ0) is 19.6. The van der Waals surface area contributed by atoms with E-state index in [9.17, 15) is 9.36 Å². The van der Waals surface area contributed by atoms with E-state index in [1.165, 1.54) is 6.33 Å². The number of hydrogen-bond acceptors (Lipinski definition) is 8. The number of hydrogen-bond donors (Lipinski definition) is 2. The Morgan fingerprint density at radius 1 is 1.36 bits per heavy atom. The molecule has 2 aromatic heterocycles. The van der Waals surface area contributed by atoms with E-state index >= 15 is 0 Å². The fraction of sp³-hybridized carbons (Fsp3) is 0.353. The molecule has 3 N–H and O–H groups in total. The average Bonchev–Trinajstić information content (AvgIpc) is 3.09. The maximum Gasteiger partial charge on any atom is 0.356 e. The summed E-state index contributed by atoms with van der Waals surface area (Å²) in [5.41, 5.74) is 6.70. The third-order valence-corrected chi connectivity index (χ3v) is 6.00. The van der Waals surface area contributed by atoms with Crippen LogP contribution in [0.3, 0.4) is 0 Å². The molecule has 2 unspecified atom stereocenters. The fourth-order valence-corrected chi connectivity index (χ4v) is 4.56. The molecule has 0 bridgehead atoms. The van der Waals surface area contributed by atoms with E-state index in [0.29, 0.717) is 25.2 Å². The third-order valence-electron chi connectivity index (χ3n) is 4.35. The lowest BCUT2D eigenvalue weighted by Gasteiger charge is -2.29. The average molecular weight is 405 g/mol. The van der Waals surface area contributed by atoms with Gasteiger partial charge < -0.3 is 19.6 Å². The van der Waals surface area contributed by atoms with Crippen molar-refractivity contribution in [2.45, 2.75) is 19.1 Å². The standard InChI is InChI=1S/C17H20N5O5P/c18-17-20-15-14(16(23)21-17)19-10-22(15)7-9-25-11-28(24)26-8-6-13(27-28)12-4-2-1-3-5-12/h1-5,10,13H,6-9,11H2,(H3,18,20,21,23). The van der Waals surface area contributed by atoms with Crippen molar-refractivity contribution >= 4 is 24.7 Å². The largest absolute Gasteiger partial charge is 0.369 e. The van der Waals surface area contributed by atoms with Gasteiger partial charge in [-0.3, -0.25) is 18.9 Å². The highest BCUT2D eigenvalue weighted by atomic mass is 31.2. The summed E-state index contributed by atoms with van der Waals surface area (Å²) in [6, 6.07) is 9.62. The molecule has 0 spiro atoms. The number of imidazole rings is 1. The summed E-state index contributed by atoms with van der Waals surface area (Å²) in [5, 5.41) is 0. The van der Waals surface area contributed by atoms with Crippen LogP contribution in [0.5, 0.6) is 0 Å². The lowest BCUT2D eigenvalue weighted by atomic mass is 10.1. The van der Waals surface area contributed by atoms with Crippen LogP contribution in [-0.2, 0) is 24.9 Å². The molecule has 1 saturated heterocycles. The van der Waals surface area contributed by atoms with E-state index in [2.05, 4.69) is 15.0 Å². The molecule has 1 aliphatic heterocycles. The van der Waals surface area contributed by atoms with Gasteiger partial charge in [0.2, 0.25) is 5.95 Å². The van der Waals surface area contributed by atoms with Crippen LogP contribution in [0.4, 0.5) is 5.95 Å². The molecule has 2 atom stereocenters. The fourth-order valence-electron chi connectivity index (χ4n) is 3.01. The summed E-state index contributed by atoms with van der Waals surface area (Å²) >= 11 is 0. The van der Waals surface area contributed by atoms with Crippen LogP contribution in [0.1, 0.15) is 18.1 Å². The number of aromatic amines is 1. The van der Waals surface area contributed by atoms with Gasteiger partial charge in [-0.25, -0.2) is 4.98 Å². The van der Waals surface area contributed by atoms with Gasteiger partial charge in [-0.15, -0.1) is 0 Å². The Balaban J connectivity index is 1.35. The number of anilines is 1. The Labute approximate surface area is 160 Å². The van der Waals surface area contributed by atoms with E-state index in [1.807, 2.05) is 30.3 Å². The number of nitrogens with two attached hydrogens (primary N) is 1. The number of nitrogens with zero attached hydrogens (tertiary/aromatic N) is 3. The molecular formula is C17H20N5O5P.